The molecule has 1 aromatic heterocycles. The van der Waals surface area contributed by atoms with Gasteiger partial charge in [-0.25, -0.2) is 9.78 Å². The second-order valence-corrected chi connectivity index (χ2v) is 3.73. The van der Waals surface area contributed by atoms with Crippen LogP contribution < -0.4 is 0 Å². The van der Waals surface area contributed by atoms with Gasteiger partial charge in [0.05, 0.1) is 5.69 Å². The molecule has 1 heterocycles. The standard InChI is InChI=1S/C11H11NO3/c1-6-5-7-8(3-2-4-9(7)13)12-10(6)11(14)15/h5H,2-4H2,1H3,(H,14,15). The minimum absolute atomic E-state index is 0.0588. The first-order chi connectivity index (χ1) is 7.09. The molecule has 1 aliphatic carbocycles. The fraction of sp³-hybridized carbons (Fsp3) is 0.364. The average Bonchev–Trinajstić information content (AvgIpc) is 2.18. The summed E-state index contributed by atoms with van der Waals surface area (Å²) in [7, 11) is 0. The fourth-order valence-corrected chi connectivity index (χ4v) is 1.85. The number of rotatable bonds is 1. The minimum atomic E-state index is -1.03. The Morgan fingerprint density at radius 3 is 2.87 bits per heavy atom. The summed E-state index contributed by atoms with van der Waals surface area (Å²) in [6, 6.07) is 1.65. The maximum absolute atomic E-state index is 11.5. The molecule has 0 bridgehead atoms. The van der Waals surface area contributed by atoms with Gasteiger partial charge in [-0.05, 0) is 31.4 Å². The number of aromatic nitrogens is 1. The average molecular weight is 205 g/mol. The van der Waals surface area contributed by atoms with Crippen molar-refractivity contribution in [2.24, 2.45) is 0 Å². The Morgan fingerprint density at radius 2 is 2.20 bits per heavy atom. The monoisotopic (exact) mass is 205 g/mol. The second kappa shape index (κ2) is 3.46. The topological polar surface area (TPSA) is 67.3 Å². The quantitative estimate of drug-likeness (QED) is 0.756. The van der Waals surface area contributed by atoms with Crippen LogP contribution in [0.1, 0.15) is 44.9 Å². The highest BCUT2D eigenvalue weighted by molar-refractivity contribution is 5.99. The number of pyridine rings is 1. The van der Waals surface area contributed by atoms with E-state index in [9.17, 15) is 9.59 Å². The molecular weight excluding hydrogens is 194 g/mol. The lowest BCUT2D eigenvalue weighted by molar-refractivity contribution is 0.0688. The van der Waals surface area contributed by atoms with E-state index in [1.807, 2.05) is 0 Å². The lowest BCUT2D eigenvalue weighted by atomic mass is 9.93. The molecule has 4 nitrogen and oxygen atoms in total. The smallest absolute Gasteiger partial charge is 0.354 e. The van der Waals surface area contributed by atoms with E-state index in [0.717, 1.165) is 6.42 Å². The molecule has 0 saturated carbocycles. The largest absolute Gasteiger partial charge is 0.477 e. The Balaban J connectivity index is 2.59. The van der Waals surface area contributed by atoms with Crippen LogP contribution in [0.3, 0.4) is 0 Å². The van der Waals surface area contributed by atoms with Crippen molar-refractivity contribution >= 4 is 11.8 Å². The second-order valence-electron chi connectivity index (χ2n) is 3.73. The molecule has 0 unspecified atom stereocenters. The molecule has 0 saturated heterocycles. The van der Waals surface area contributed by atoms with Gasteiger partial charge in [0.1, 0.15) is 0 Å². The SMILES string of the molecule is Cc1cc2c(nc1C(=O)O)CCCC2=O. The predicted octanol–water partition coefficient (Wildman–Crippen LogP) is 1.61. The summed E-state index contributed by atoms with van der Waals surface area (Å²) in [4.78, 5) is 26.4. The number of carbonyl (C=O) groups is 2. The van der Waals surface area contributed by atoms with Gasteiger partial charge in [0.25, 0.3) is 0 Å². The third kappa shape index (κ3) is 1.63. The number of fused-ring (bicyclic) bond motifs is 1. The van der Waals surface area contributed by atoms with E-state index in [1.54, 1.807) is 13.0 Å². The molecule has 0 aliphatic heterocycles. The maximum Gasteiger partial charge on any atom is 0.354 e. The summed E-state index contributed by atoms with van der Waals surface area (Å²) in [5.74, 6) is -0.961. The Hall–Kier alpha value is -1.71. The van der Waals surface area contributed by atoms with Gasteiger partial charge in [0, 0.05) is 12.0 Å². The van der Waals surface area contributed by atoms with E-state index in [-0.39, 0.29) is 11.5 Å². The van der Waals surface area contributed by atoms with Crippen LogP contribution in [-0.4, -0.2) is 21.8 Å². The van der Waals surface area contributed by atoms with Crippen molar-refractivity contribution in [2.45, 2.75) is 26.2 Å². The molecule has 15 heavy (non-hydrogen) atoms. The van der Waals surface area contributed by atoms with Crippen LogP contribution in [0.2, 0.25) is 0 Å². The molecule has 4 heteroatoms. The van der Waals surface area contributed by atoms with E-state index in [0.29, 0.717) is 29.7 Å². The summed E-state index contributed by atoms with van der Waals surface area (Å²) in [6.07, 6.45) is 2.00. The first kappa shape index (κ1) is 9.83. The van der Waals surface area contributed by atoms with Crippen LogP contribution in [0.5, 0.6) is 0 Å². The van der Waals surface area contributed by atoms with Gasteiger partial charge in [-0.1, -0.05) is 0 Å². The number of aromatic carboxylic acids is 1. The zero-order valence-corrected chi connectivity index (χ0v) is 8.41. The van der Waals surface area contributed by atoms with Gasteiger partial charge in [-0.15, -0.1) is 0 Å². The van der Waals surface area contributed by atoms with E-state index >= 15 is 0 Å². The van der Waals surface area contributed by atoms with E-state index in [4.69, 9.17) is 5.11 Å². The third-order valence-electron chi connectivity index (χ3n) is 2.61. The predicted molar refractivity (Wildman–Crippen MR) is 53.2 cm³/mol. The number of hydrogen-bond donors (Lipinski definition) is 1. The van der Waals surface area contributed by atoms with Gasteiger partial charge in [-0.2, -0.15) is 0 Å². The fourth-order valence-electron chi connectivity index (χ4n) is 1.85. The van der Waals surface area contributed by atoms with Crippen molar-refractivity contribution in [3.63, 3.8) is 0 Å². The highest BCUT2D eigenvalue weighted by Crippen LogP contribution is 2.21. The van der Waals surface area contributed by atoms with Gasteiger partial charge in [0.15, 0.2) is 11.5 Å². The van der Waals surface area contributed by atoms with Gasteiger partial charge in [-0.3, -0.25) is 4.79 Å². The van der Waals surface area contributed by atoms with Crippen LogP contribution in [0.4, 0.5) is 0 Å². The highest BCUT2D eigenvalue weighted by atomic mass is 16.4. The van der Waals surface area contributed by atoms with Crippen LogP contribution in [-0.2, 0) is 6.42 Å². The Labute approximate surface area is 87.0 Å². The van der Waals surface area contributed by atoms with Crippen molar-refractivity contribution in [3.8, 4) is 0 Å². The molecule has 1 N–H and O–H groups in total. The molecular formula is C11H11NO3. The van der Waals surface area contributed by atoms with Crippen molar-refractivity contribution in [1.82, 2.24) is 4.98 Å². The van der Waals surface area contributed by atoms with Crippen molar-refractivity contribution < 1.29 is 14.7 Å². The normalized spacial score (nSPS) is 14.9. The number of ketones is 1. The molecule has 0 atom stereocenters. The number of hydrogen-bond acceptors (Lipinski definition) is 3. The Bertz CT molecular complexity index is 451. The summed E-state index contributed by atoms with van der Waals surface area (Å²) in [6.45, 7) is 1.67. The Morgan fingerprint density at radius 1 is 1.47 bits per heavy atom. The molecule has 0 spiro atoms. The summed E-state index contributed by atoms with van der Waals surface area (Å²) in [5, 5.41) is 8.89. The van der Waals surface area contributed by atoms with Crippen LogP contribution in [0, 0.1) is 6.92 Å². The first-order valence-corrected chi connectivity index (χ1v) is 4.86. The first-order valence-electron chi connectivity index (χ1n) is 4.86. The number of nitrogens with zero attached hydrogens (tertiary/aromatic N) is 1. The zero-order valence-electron chi connectivity index (χ0n) is 8.41. The van der Waals surface area contributed by atoms with E-state index in [1.165, 1.54) is 0 Å². The molecule has 0 amide bonds. The van der Waals surface area contributed by atoms with Crippen LogP contribution in [0.25, 0.3) is 0 Å². The Kier molecular flexibility index (Phi) is 2.26. The number of carboxylic acid groups (broad SMARTS) is 1. The van der Waals surface area contributed by atoms with Gasteiger partial charge in [0.2, 0.25) is 0 Å². The molecule has 2 rings (SSSR count). The van der Waals surface area contributed by atoms with E-state index in [2.05, 4.69) is 4.98 Å². The number of aryl methyl sites for hydroxylation is 2. The molecule has 0 aromatic carbocycles. The van der Waals surface area contributed by atoms with Crippen LogP contribution >= 0.6 is 0 Å². The summed E-state index contributed by atoms with van der Waals surface area (Å²) >= 11 is 0. The van der Waals surface area contributed by atoms with Gasteiger partial charge >= 0.3 is 5.97 Å². The van der Waals surface area contributed by atoms with Crippen molar-refractivity contribution in [3.05, 3.63) is 28.6 Å². The maximum atomic E-state index is 11.5. The highest BCUT2D eigenvalue weighted by Gasteiger charge is 2.21. The summed E-state index contributed by atoms with van der Waals surface area (Å²) in [5.41, 5.74) is 1.85. The van der Waals surface area contributed by atoms with E-state index < -0.39 is 5.97 Å². The molecule has 0 radical (unpaired) electrons. The van der Waals surface area contributed by atoms with Crippen molar-refractivity contribution in [2.75, 3.05) is 0 Å². The lowest BCUT2D eigenvalue weighted by Gasteiger charge is -2.15. The lowest BCUT2D eigenvalue weighted by Crippen LogP contribution is -2.16. The number of Topliss-reactive ketones (excluding diaryl/α,β-unsaturated/α-hetero) is 1. The summed E-state index contributed by atoms with van der Waals surface area (Å²) < 4.78 is 0. The zero-order chi connectivity index (χ0) is 11.0. The number of carbonyl (C=O) groups excluding carboxylic acids is 1. The van der Waals surface area contributed by atoms with Gasteiger partial charge < -0.3 is 5.11 Å². The molecule has 0 fully saturated rings. The number of carboxylic acids is 1. The van der Waals surface area contributed by atoms with Crippen LogP contribution in [0.15, 0.2) is 6.07 Å². The molecule has 1 aromatic rings. The third-order valence-corrected chi connectivity index (χ3v) is 2.61. The van der Waals surface area contributed by atoms with Crippen molar-refractivity contribution in [1.29, 1.82) is 0 Å². The molecule has 1 aliphatic rings. The molecule has 78 valence electrons. The minimum Gasteiger partial charge on any atom is -0.477 e.